The fourth-order valence-corrected chi connectivity index (χ4v) is 9.25. The van der Waals surface area contributed by atoms with Crippen molar-refractivity contribution in [1.82, 2.24) is 0 Å². The smallest absolute Gasteiger partial charge is 0.335 e. The quantitative estimate of drug-likeness (QED) is 0.112. The largest absolute Gasteiger partial charge is 0.431 e. The van der Waals surface area contributed by atoms with Crippen LogP contribution in [-0.2, 0) is 24.5 Å². The Balaban J connectivity index is 1.17. The van der Waals surface area contributed by atoms with E-state index in [-0.39, 0.29) is 46.9 Å². The molecule has 0 saturated heterocycles. The Morgan fingerprint density at radius 3 is 2.70 bits per heavy atom. The van der Waals surface area contributed by atoms with Crippen LogP contribution >= 0.6 is 0 Å². The summed E-state index contributed by atoms with van der Waals surface area (Å²) in [6.07, 6.45) is 17.7. The molecule has 4 aliphatic rings. The van der Waals surface area contributed by atoms with Gasteiger partial charge in [0.25, 0.3) is 0 Å². The fourth-order valence-electron chi connectivity index (χ4n) is 9.25. The first-order valence-corrected chi connectivity index (χ1v) is 15.0. The zero-order valence-corrected chi connectivity index (χ0v) is 23.5. The molecule has 222 valence electrons. The summed E-state index contributed by atoms with van der Waals surface area (Å²) in [6, 6.07) is 3.35. The lowest BCUT2D eigenvalue weighted by Gasteiger charge is -2.63. The molecule has 2 N–H and O–H groups in total. The number of ether oxygens (including phenoxy) is 1. The number of hydrogen-bond donors (Lipinski definition) is 2. The van der Waals surface area contributed by atoms with E-state index in [0.717, 1.165) is 82.6 Å². The maximum absolute atomic E-state index is 12.9. The second-order valence-corrected chi connectivity index (χ2v) is 12.7. The van der Waals surface area contributed by atoms with Crippen LogP contribution in [0.4, 0.5) is 0 Å². The van der Waals surface area contributed by atoms with Gasteiger partial charge in [-0.1, -0.05) is 19.1 Å². The van der Waals surface area contributed by atoms with Crippen molar-refractivity contribution < 1.29 is 39.3 Å². The van der Waals surface area contributed by atoms with E-state index in [0.29, 0.717) is 12.5 Å². The molecule has 1 heterocycles. The van der Waals surface area contributed by atoms with Gasteiger partial charge in [0.1, 0.15) is 12.9 Å². The van der Waals surface area contributed by atoms with Crippen LogP contribution in [0.15, 0.2) is 39.8 Å². The molecule has 9 nitrogen and oxygen atoms in total. The van der Waals surface area contributed by atoms with Gasteiger partial charge < -0.3 is 19.1 Å². The van der Waals surface area contributed by atoms with E-state index in [4.69, 9.17) is 14.4 Å². The zero-order chi connectivity index (χ0) is 28.2. The van der Waals surface area contributed by atoms with Gasteiger partial charge in [-0.25, -0.2) is 10.1 Å². The minimum Gasteiger partial charge on any atom is -0.431 e. The number of unbranched alkanes of at least 4 members (excludes halogenated alkanes) is 2. The molecular formula is C31H44O9. The molecule has 4 fully saturated rings. The third-order valence-electron chi connectivity index (χ3n) is 11.2. The summed E-state index contributed by atoms with van der Waals surface area (Å²) in [5.41, 5.74) is -0.825. The highest BCUT2D eigenvalue weighted by atomic mass is 17.6. The van der Waals surface area contributed by atoms with Gasteiger partial charge in [0.15, 0.2) is 0 Å². The number of fused-ring (bicyclic) bond motifs is 5. The molecule has 0 aliphatic heterocycles. The molecule has 4 saturated carbocycles. The molecule has 4 aliphatic carbocycles. The third-order valence-corrected chi connectivity index (χ3v) is 11.2. The van der Waals surface area contributed by atoms with Crippen molar-refractivity contribution in [1.29, 1.82) is 0 Å². The average molecular weight is 561 g/mol. The van der Waals surface area contributed by atoms with Crippen molar-refractivity contribution in [3.63, 3.8) is 0 Å². The monoisotopic (exact) mass is 560 g/mol. The predicted octanol–water partition coefficient (Wildman–Crippen LogP) is 5.52. The van der Waals surface area contributed by atoms with Crippen LogP contribution in [0.25, 0.3) is 0 Å². The van der Waals surface area contributed by atoms with Crippen molar-refractivity contribution in [2.45, 2.75) is 102 Å². The van der Waals surface area contributed by atoms with Gasteiger partial charge in [-0.3, -0.25) is 0 Å². The first-order chi connectivity index (χ1) is 19.4. The number of carbonyl (C=O) groups excluding carboxylic acids is 1. The fraction of sp³-hybridized carbons (Fsp3) is 0.742. The molecule has 8 atom stereocenters. The molecule has 9 heteroatoms. The van der Waals surface area contributed by atoms with Crippen LogP contribution in [0.5, 0.6) is 0 Å². The van der Waals surface area contributed by atoms with E-state index in [1.54, 1.807) is 12.3 Å². The summed E-state index contributed by atoms with van der Waals surface area (Å²) in [4.78, 5) is 29.0. The van der Waals surface area contributed by atoms with Crippen molar-refractivity contribution >= 4 is 6.29 Å². The van der Waals surface area contributed by atoms with Crippen molar-refractivity contribution in [3.8, 4) is 0 Å². The molecule has 8 unspecified atom stereocenters. The Morgan fingerprint density at radius 2 is 1.93 bits per heavy atom. The minimum atomic E-state index is -0.814. The van der Waals surface area contributed by atoms with Gasteiger partial charge in [-0.15, -0.1) is 0 Å². The van der Waals surface area contributed by atoms with Crippen LogP contribution in [0.1, 0.15) is 95.5 Å². The van der Waals surface area contributed by atoms with Gasteiger partial charge in [-0.05, 0) is 122 Å². The molecule has 0 aromatic carbocycles. The lowest BCUT2D eigenvalue weighted by Crippen LogP contribution is -2.63. The minimum absolute atomic E-state index is 0.118. The summed E-state index contributed by atoms with van der Waals surface area (Å²) in [5.74, 6) is 0.787. The van der Waals surface area contributed by atoms with Crippen LogP contribution in [-0.4, -0.2) is 41.6 Å². The molecule has 40 heavy (non-hydrogen) atoms. The standard InChI is InChI=1S/C31H44O9/c1-29-14-12-26-27(31(29,34)16-13-25(29)22-7-10-28(33)37-20-22)9-8-23-19-24(11-15-30(23,26)21-32)36-17-5-3-2-4-6-18-38-40-39-35/h4,6-7,10,20-21,23-27,34-35H,2-3,5,8-9,11-19H2,1H3/b6-4+. The third kappa shape index (κ3) is 5.37. The maximum Gasteiger partial charge on any atom is 0.335 e. The van der Waals surface area contributed by atoms with Crippen LogP contribution < -0.4 is 5.63 Å². The normalized spacial score (nSPS) is 39.0. The molecular weight excluding hydrogens is 516 g/mol. The summed E-state index contributed by atoms with van der Waals surface area (Å²) < 4.78 is 11.5. The van der Waals surface area contributed by atoms with Crippen molar-refractivity contribution in [2.75, 3.05) is 13.2 Å². The number of aliphatic hydroxyl groups is 1. The lowest BCUT2D eigenvalue weighted by molar-refractivity contribution is -0.621. The summed E-state index contributed by atoms with van der Waals surface area (Å²) in [5, 5.41) is 27.7. The number of carbonyl (C=O) groups is 1. The van der Waals surface area contributed by atoms with E-state index < -0.39 is 5.60 Å². The molecule has 5 rings (SSSR count). The maximum atomic E-state index is 12.9. The molecule has 0 spiro atoms. The zero-order valence-electron chi connectivity index (χ0n) is 23.5. The Bertz CT molecular complexity index is 1070. The van der Waals surface area contributed by atoms with E-state index >= 15 is 0 Å². The predicted molar refractivity (Wildman–Crippen MR) is 145 cm³/mol. The summed E-state index contributed by atoms with van der Waals surface area (Å²) in [7, 11) is 0. The Kier molecular flexibility index (Phi) is 9.29. The Labute approximate surface area is 235 Å². The molecule has 1 aromatic heterocycles. The van der Waals surface area contributed by atoms with E-state index in [2.05, 4.69) is 21.9 Å². The van der Waals surface area contributed by atoms with Crippen LogP contribution in [0, 0.1) is 28.6 Å². The topological polar surface area (TPSA) is 125 Å². The highest BCUT2D eigenvalue weighted by Gasteiger charge is 2.68. The van der Waals surface area contributed by atoms with Crippen LogP contribution in [0.3, 0.4) is 0 Å². The van der Waals surface area contributed by atoms with Crippen molar-refractivity contribution in [2.24, 2.45) is 28.6 Å². The number of allylic oxidation sites excluding steroid dienone is 1. The highest BCUT2D eigenvalue weighted by Crippen LogP contribution is 2.70. The van der Waals surface area contributed by atoms with Crippen molar-refractivity contribution in [3.05, 3.63) is 46.5 Å². The first kappa shape index (κ1) is 29.6. The second-order valence-electron chi connectivity index (χ2n) is 12.7. The molecule has 0 radical (unpaired) electrons. The number of hydrogen-bond acceptors (Lipinski definition) is 9. The molecule has 1 aromatic rings. The molecule has 0 bridgehead atoms. The van der Waals surface area contributed by atoms with Gasteiger partial charge in [0.2, 0.25) is 0 Å². The number of aldehydes is 1. The van der Waals surface area contributed by atoms with Crippen LogP contribution in [0.2, 0.25) is 0 Å². The summed E-state index contributed by atoms with van der Waals surface area (Å²) >= 11 is 0. The van der Waals surface area contributed by atoms with Gasteiger partial charge >= 0.3 is 5.63 Å². The highest BCUT2D eigenvalue weighted by molar-refractivity contribution is 5.62. The lowest BCUT2D eigenvalue weighted by atomic mass is 9.43. The van der Waals surface area contributed by atoms with Gasteiger partial charge in [-0.2, -0.15) is 4.89 Å². The van der Waals surface area contributed by atoms with E-state index in [9.17, 15) is 14.7 Å². The number of rotatable bonds is 12. The van der Waals surface area contributed by atoms with Gasteiger partial charge in [0.05, 0.1) is 18.0 Å². The Hall–Kier alpha value is -1.88. The first-order valence-electron chi connectivity index (χ1n) is 15.0. The van der Waals surface area contributed by atoms with E-state index in [1.165, 1.54) is 12.4 Å². The second kappa shape index (κ2) is 12.5. The molecule has 0 amide bonds. The Morgan fingerprint density at radius 1 is 1.05 bits per heavy atom. The van der Waals surface area contributed by atoms with Gasteiger partial charge in [0, 0.05) is 23.5 Å². The SMILES string of the molecule is CC12CCC3C(CCC4CC(OCCCC/C=C/COOOO)CCC43C=O)C1(O)CCC2c1ccc(=O)oc1. The van der Waals surface area contributed by atoms with E-state index in [1.807, 2.05) is 12.1 Å². The summed E-state index contributed by atoms with van der Waals surface area (Å²) in [6.45, 7) is 3.13. The average Bonchev–Trinajstić information content (AvgIpc) is 3.25.